The highest BCUT2D eigenvalue weighted by molar-refractivity contribution is 6.30. The Labute approximate surface area is 147 Å². The third-order valence-corrected chi connectivity index (χ3v) is 4.74. The van der Waals surface area contributed by atoms with Crippen LogP contribution in [0.5, 0.6) is 0 Å². The molecule has 1 N–H and O–H groups in total. The van der Waals surface area contributed by atoms with Crippen LogP contribution < -0.4 is 5.43 Å². The zero-order valence-electron chi connectivity index (χ0n) is 15.3. The molecule has 2 aliphatic rings. The number of aliphatic imine (C=N–C) groups is 1. The molecule has 1 atom stereocenters. The van der Waals surface area contributed by atoms with Crippen LogP contribution in [-0.4, -0.2) is 24.6 Å². The van der Waals surface area contributed by atoms with E-state index < -0.39 is 0 Å². The Bertz CT molecular complexity index is 447. The van der Waals surface area contributed by atoms with Gasteiger partial charge in [0.1, 0.15) is 13.0 Å². The van der Waals surface area contributed by atoms with Crippen LogP contribution in [0.25, 0.3) is 0 Å². The van der Waals surface area contributed by atoms with Crippen molar-refractivity contribution in [1.82, 2.24) is 10.4 Å². The first-order valence-electron chi connectivity index (χ1n) is 8.70. The quantitative estimate of drug-likeness (QED) is 0.793. The van der Waals surface area contributed by atoms with Crippen LogP contribution in [0.4, 0.5) is 0 Å². The SMILES string of the molecule is CC.CC1(C)CCC[C@@H]1CN1C=NCN1.Cc1ccc(Cl)cc1. The normalized spacial score (nSPS) is 21.3. The van der Waals surface area contributed by atoms with Gasteiger partial charge in [0.05, 0.1) is 0 Å². The summed E-state index contributed by atoms with van der Waals surface area (Å²) < 4.78 is 0. The Morgan fingerprint density at radius 2 is 1.91 bits per heavy atom. The van der Waals surface area contributed by atoms with E-state index in [2.05, 4.69) is 29.3 Å². The Morgan fingerprint density at radius 1 is 1.26 bits per heavy atom. The summed E-state index contributed by atoms with van der Waals surface area (Å²) in [6, 6.07) is 7.75. The fourth-order valence-electron chi connectivity index (χ4n) is 2.93. The van der Waals surface area contributed by atoms with Gasteiger partial charge in [-0.1, -0.05) is 63.4 Å². The molecular formula is C19H32ClN3. The Morgan fingerprint density at radius 3 is 2.35 bits per heavy atom. The highest BCUT2D eigenvalue weighted by Gasteiger charge is 2.35. The largest absolute Gasteiger partial charge is 0.297 e. The van der Waals surface area contributed by atoms with E-state index in [1.54, 1.807) is 0 Å². The van der Waals surface area contributed by atoms with Gasteiger partial charge in [0.15, 0.2) is 0 Å². The van der Waals surface area contributed by atoms with Gasteiger partial charge < -0.3 is 0 Å². The predicted molar refractivity (Wildman–Crippen MR) is 102 cm³/mol. The molecule has 0 saturated heterocycles. The molecule has 0 spiro atoms. The van der Waals surface area contributed by atoms with Crippen molar-refractivity contribution in [3.8, 4) is 0 Å². The van der Waals surface area contributed by atoms with Crippen LogP contribution in [-0.2, 0) is 0 Å². The zero-order chi connectivity index (χ0) is 17.3. The van der Waals surface area contributed by atoms with Gasteiger partial charge in [-0.05, 0) is 43.2 Å². The Hall–Kier alpha value is -1.06. The maximum Gasteiger partial charge on any atom is 0.107 e. The number of hydrogen-bond acceptors (Lipinski definition) is 3. The van der Waals surface area contributed by atoms with Gasteiger partial charge in [-0.2, -0.15) is 0 Å². The smallest absolute Gasteiger partial charge is 0.107 e. The minimum Gasteiger partial charge on any atom is -0.297 e. The molecule has 0 radical (unpaired) electrons. The van der Waals surface area contributed by atoms with Crippen LogP contribution in [0.1, 0.15) is 52.5 Å². The summed E-state index contributed by atoms with van der Waals surface area (Å²) in [5, 5.41) is 2.94. The molecule has 23 heavy (non-hydrogen) atoms. The summed E-state index contributed by atoms with van der Waals surface area (Å²) in [6.45, 7) is 12.7. The maximum absolute atomic E-state index is 5.61. The molecular weight excluding hydrogens is 306 g/mol. The standard InChI is InChI=1S/C10H19N3.C7H7Cl.C2H6/c1-10(2)5-3-4-9(10)6-13-8-11-7-12-13;1-6-2-4-7(8)5-3-6;1-2/h8-9,12H,3-7H2,1-2H3;2-5H,1H3;1-2H3/t9-;;/m1../s1. The van der Waals surface area contributed by atoms with Crippen LogP contribution >= 0.6 is 11.6 Å². The van der Waals surface area contributed by atoms with Gasteiger partial charge in [0.25, 0.3) is 0 Å². The molecule has 0 bridgehead atoms. The predicted octanol–water partition coefficient (Wildman–Crippen LogP) is 5.29. The van der Waals surface area contributed by atoms with Crippen molar-refractivity contribution in [2.24, 2.45) is 16.3 Å². The first-order valence-corrected chi connectivity index (χ1v) is 9.07. The van der Waals surface area contributed by atoms with E-state index in [9.17, 15) is 0 Å². The average Bonchev–Trinajstić information content (AvgIpc) is 3.16. The highest BCUT2D eigenvalue weighted by atomic mass is 35.5. The summed E-state index contributed by atoms with van der Waals surface area (Å²) in [6.07, 6.45) is 6.07. The summed E-state index contributed by atoms with van der Waals surface area (Å²) >= 11 is 5.61. The number of benzene rings is 1. The molecule has 1 aromatic rings. The number of rotatable bonds is 2. The molecule has 1 aliphatic carbocycles. The summed E-state index contributed by atoms with van der Waals surface area (Å²) in [4.78, 5) is 4.14. The van der Waals surface area contributed by atoms with Gasteiger partial charge >= 0.3 is 0 Å². The number of hydrogen-bond donors (Lipinski definition) is 1. The average molecular weight is 338 g/mol. The van der Waals surface area contributed by atoms with Crippen molar-refractivity contribution in [3.05, 3.63) is 34.9 Å². The molecule has 1 saturated carbocycles. The van der Waals surface area contributed by atoms with Gasteiger partial charge in [-0.15, -0.1) is 0 Å². The summed E-state index contributed by atoms with van der Waals surface area (Å²) in [7, 11) is 0. The van der Waals surface area contributed by atoms with E-state index in [-0.39, 0.29) is 0 Å². The zero-order valence-corrected chi connectivity index (χ0v) is 16.0. The second-order valence-corrected chi connectivity index (χ2v) is 7.08. The lowest BCUT2D eigenvalue weighted by Crippen LogP contribution is -2.38. The number of hydrazine groups is 1. The van der Waals surface area contributed by atoms with Crippen molar-refractivity contribution in [3.63, 3.8) is 0 Å². The van der Waals surface area contributed by atoms with Crippen LogP contribution in [0.3, 0.4) is 0 Å². The fourth-order valence-corrected chi connectivity index (χ4v) is 3.06. The first-order chi connectivity index (χ1) is 11.0. The Balaban J connectivity index is 0.000000228. The molecule has 4 heteroatoms. The topological polar surface area (TPSA) is 27.6 Å². The molecule has 0 aromatic heterocycles. The van der Waals surface area contributed by atoms with E-state index in [0.717, 1.165) is 24.2 Å². The van der Waals surface area contributed by atoms with Crippen molar-refractivity contribution in [2.75, 3.05) is 13.2 Å². The minimum atomic E-state index is 0.526. The number of halogens is 1. The van der Waals surface area contributed by atoms with Crippen LogP contribution in [0.2, 0.25) is 5.02 Å². The molecule has 3 rings (SSSR count). The first kappa shape index (κ1) is 20.0. The van der Waals surface area contributed by atoms with Crippen LogP contribution in [0, 0.1) is 18.3 Å². The monoisotopic (exact) mass is 337 g/mol. The molecule has 0 amide bonds. The van der Waals surface area contributed by atoms with Gasteiger partial charge in [0.2, 0.25) is 0 Å². The van der Waals surface area contributed by atoms with E-state index in [0.29, 0.717) is 5.41 Å². The Kier molecular flexibility index (Phi) is 8.64. The van der Waals surface area contributed by atoms with Gasteiger partial charge in [-0.25, -0.2) is 5.43 Å². The minimum absolute atomic E-state index is 0.526. The third kappa shape index (κ3) is 6.92. The lowest BCUT2D eigenvalue weighted by Gasteiger charge is -2.30. The third-order valence-electron chi connectivity index (χ3n) is 4.49. The maximum atomic E-state index is 5.61. The summed E-state index contributed by atoms with van der Waals surface area (Å²) in [5.74, 6) is 0.824. The fraction of sp³-hybridized carbons (Fsp3) is 0.632. The molecule has 0 unspecified atom stereocenters. The molecule has 3 nitrogen and oxygen atoms in total. The van der Waals surface area contributed by atoms with Crippen molar-refractivity contribution in [1.29, 1.82) is 0 Å². The lowest BCUT2D eigenvalue weighted by atomic mass is 9.82. The van der Waals surface area contributed by atoms with E-state index in [4.69, 9.17) is 11.6 Å². The van der Waals surface area contributed by atoms with Crippen molar-refractivity contribution < 1.29 is 0 Å². The lowest BCUT2D eigenvalue weighted by molar-refractivity contribution is 0.191. The van der Waals surface area contributed by atoms with E-state index >= 15 is 0 Å². The molecule has 1 aliphatic heterocycles. The second kappa shape index (κ2) is 9.94. The van der Waals surface area contributed by atoms with Crippen molar-refractivity contribution >= 4 is 17.9 Å². The summed E-state index contributed by atoms with van der Waals surface area (Å²) in [5.41, 5.74) is 5.00. The molecule has 1 fully saturated rings. The molecule has 1 heterocycles. The number of aryl methyl sites for hydroxylation is 1. The van der Waals surface area contributed by atoms with Gasteiger partial charge in [0, 0.05) is 11.6 Å². The molecule has 1 aromatic carbocycles. The number of nitrogens with zero attached hydrogens (tertiary/aromatic N) is 2. The molecule has 130 valence electrons. The van der Waals surface area contributed by atoms with E-state index in [1.165, 1.54) is 24.8 Å². The van der Waals surface area contributed by atoms with Crippen molar-refractivity contribution in [2.45, 2.75) is 53.9 Å². The second-order valence-electron chi connectivity index (χ2n) is 6.64. The number of nitrogens with one attached hydrogen (secondary N) is 1. The van der Waals surface area contributed by atoms with Gasteiger partial charge in [-0.3, -0.25) is 10.0 Å². The highest BCUT2D eigenvalue weighted by Crippen LogP contribution is 2.42. The van der Waals surface area contributed by atoms with Crippen LogP contribution in [0.15, 0.2) is 29.3 Å². The van der Waals surface area contributed by atoms with E-state index in [1.807, 2.05) is 51.4 Å².